The lowest BCUT2D eigenvalue weighted by atomic mass is 10.3. The molecule has 1 unspecified atom stereocenters. The van der Waals surface area contributed by atoms with Gasteiger partial charge in [-0.2, -0.15) is 0 Å². The van der Waals surface area contributed by atoms with Crippen molar-refractivity contribution in [3.63, 3.8) is 0 Å². The number of benzene rings is 2. The average Bonchev–Trinajstić information content (AvgIpc) is 2.83. The molecule has 18 heavy (non-hydrogen) atoms. The summed E-state index contributed by atoms with van der Waals surface area (Å²) in [7, 11) is 0. The van der Waals surface area contributed by atoms with Crippen LogP contribution < -0.4 is 4.31 Å². The first-order valence-corrected chi connectivity index (χ1v) is 7.14. The Morgan fingerprint density at radius 3 is 2.11 bits per heavy atom. The Morgan fingerprint density at radius 2 is 1.44 bits per heavy atom. The van der Waals surface area contributed by atoms with E-state index in [1.807, 2.05) is 58.2 Å². The van der Waals surface area contributed by atoms with E-state index in [1.54, 1.807) is 6.08 Å². The maximum Gasteiger partial charge on any atom is 0.260 e. The van der Waals surface area contributed by atoms with Crippen molar-refractivity contribution in [3.05, 3.63) is 72.1 Å². The molecule has 0 bridgehead atoms. The van der Waals surface area contributed by atoms with Crippen LogP contribution in [0.3, 0.4) is 0 Å². The molecule has 0 radical (unpaired) electrons. The molecule has 1 amide bonds. The van der Waals surface area contributed by atoms with E-state index in [0.29, 0.717) is 0 Å². The van der Waals surface area contributed by atoms with Crippen molar-refractivity contribution in [3.8, 4) is 0 Å². The summed E-state index contributed by atoms with van der Waals surface area (Å²) in [4.78, 5) is 13.2. The zero-order valence-corrected chi connectivity index (χ0v) is 10.6. The number of para-hydroxylation sites is 1. The van der Waals surface area contributed by atoms with Crippen molar-refractivity contribution in [2.75, 3.05) is 4.31 Å². The Kier molecular flexibility index (Phi) is 2.90. The van der Waals surface area contributed by atoms with Crippen LogP contribution in [0.15, 0.2) is 77.0 Å². The zero-order chi connectivity index (χ0) is 12.4. The fraction of sp³-hybridized carbons (Fsp3) is 0. The van der Waals surface area contributed by atoms with Gasteiger partial charge < -0.3 is 0 Å². The fourth-order valence-electron chi connectivity index (χ4n) is 1.98. The van der Waals surface area contributed by atoms with Crippen LogP contribution in [0.2, 0.25) is 0 Å². The first-order chi connectivity index (χ1) is 8.86. The Hall–Kier alpha value is -2.00. The predicted octanol–water partition coefficient (Wildman–Crippen LogP) is 3.52. The van der Waals surface area contributed by atoms with Gasteiger partial charge in [-0.1, -0.05) is 36.4 Å². The van der Waals surface area contributed by atoms with Gasteiger partial charge in [0.15, 0.2) is 0 Å². The van der Waals surface area contributed by atoms with Gasteiger partial charge in [-0.05, 0) is 29.7 Å². The molecular weight excluding hydrogens is 242 g/mol. The van der Waals surface area contributed by atoms with Crippen LogP contribution >= 0.6 is 11.1 Å². The van der Waals surface area contributed by atoms with Crippen molar-refractivity contribution in [1.82, 2.24) is 0 Å². The van der Waals surface area contributed by atoms with Crippen LogP contribution in [-0.4, -0.2) is 5.91 Å². The van der Waals surface area contributed by atoms with Crippen LogP contribution in [0.4, 0.5) is 5.69 Å². The van der Waals surface area contributed by atoms with E-state index in [1.165, 1.54) is 4.90 Å². The van der Waals surface area contributed by atoms with E-state index in [2.05, 4.69) is 12.1 Å². The number of carbonyl (C=O) groups excluding carboxylic acids is 1. The molecule has 2 nitrogen and oxygen atoms in total. The first kappa shape index (κ1) is 11.1. The molecule has 1 aliphatic heterocycles. The topological polar surface area (TPSA) is 20.3 Å². The summed E-state index contributed by atoms with van der Waals surface area (Å²) < 4.78 is 1.88. The third-order valence-electron chi connectivity index (χ3n) is 2.80. The van der Waals surface area contributed by atoms with Crippen LogP contribution in [0, 0.1) is 0 Å². The quantitative estimate of drug-likeness (QED) is 0.814. The smallest absolute Gasteiger partial charge is 0.260 e. The Morgan fingerprint density at radius 1 is 0.833 bits per heavy atom. The molecule has 0 saturated carbocycles. The summed E-state index contributed by atoms with van der Waals surface area (Å²) in [5, 5.41) is 2.01. The molecule has 1 heterocycles. The van der Waals surface area contributed by atoms with Gasteiger partial charge in [-0.25, -0.2) is 0 Å². The van der Waals surface area contributed by atoms with Gasteiger partial charge in [-0.3, -0.25) is 9.10 Å². The van der Waals surface area contributed by atoms with Crippen LogP contribution in [0.1, 0.15) is 0 Å². The summed E-state index contributed by atoms with van der Waals surface area (Å²) in [5.41, 5.74) is 0.961. The molecular formula is C15H13NOS. The van der Waals surface area contributed by atoms with Crippen molar-refractivity contribution < 1.29 is 4.79 Å². The molecule has 2 aromatic carbocycles. The second-order valence-electron chi connectivity index (χ2n) is 3.98. The van der Waals surface area contributed by atoms with E-state index in [-0.39, 0.29) is 5.91 Å². The number of carbonyl (C=O) groups is 1. The number of amides is 1. The van der Waals surface area contributed by atoms with Crippen LogP contribution in [-0.2, 0) is 4.79 Å². The minimum absolute atomic E-state index is 0.0659. The standard InChI is InChI=1S/C15H13NOS/c17-15-11-12-18(14-9-5-2-6-10-14)16(15)13-7-3-1-4-8-13/h1-12,18H. The fourth-order valence-corrected chi connectivity index (χ4v) is 3.92. The molecule has 0 N–H and O–H groups in total. The molecule has 3 rings (SSSR count). The maximum absolute atomic E-state index is 12.0. The lowest BCUT2D eigenvalue weighted by Crippen LogP contribution is -2.20. The van der Waals surface area contributed by atoms with E-state index >= 15 is 0 Å². The minimum atomic E-state index is -0.716. The highest BCUT2D eigenvalue weighted by Crippen LogP contribution is 2.47. The Balaban J connectivity index is 2.00. The highest BCUT2D eigenvalue weighted by Gasteiger charge is 2.25. The van der Waals surface area contributed by atoms with Gasteiger partial charge in [0.05, 0.1) is 5.69 Å². The average molecular weight is 255 g/mol. The van der Waals surface area contributed by atoms with Gasteiger partial charge in [0.1, 0.15) is 0 Å². The number of nitrogens with zero attached hydrogens (tertiary/aromatic N) is 1. The van der Waals surface area contributed by atoms with Gasteiger partial charge in [0.25, 0.3) is 5.91 Å². The van der Waals surface area contributed by atoms with E-state index < -0.39 is 11.1 Å². The van der Waals surface area contributed by atoms with Crippen LogP contribution in [0.5, 0.6) is 0 Å². The molecule has 3 heteroatoms. The van der Waals surface area contributed by atoms with E-state index in [0.717, 1.165) is 5.69 Å². The molecule has 0 saturated heterocycles. The van der Waals surface area contributed by atoms with Crippen molar-refractivity contribution >= 4 is 22.7 Å². The van der Waals surface area contributed by atoms with Crippen molar-refractivity contribution in [1.29, 1.82) is 0 Å². The summed E-state index contributed by atoms with van der Waals surface area (Å²) in [6.07, 6.45) is 1.67. The lowest BCUT2D eigenvalue weighted by Gasteiger charge is -2.28. The monoisotopic (exact) mass is 255 g/mol. The molecule has 90 valence electrons. The summed E-state index contributed by atoms with van der Waals surface area (Å²) in [5.74, 6) is 0.0659. The molecule has 0 spiro atoms. The third-order valence-corrected chi connectivity index (χ3v) is 4.92. The number of thiol groups is 1. The number of hydrogen-bond acceptors (Lipinski definition) is 1. The summed E-state index contributed by atoms with van der Waals surface area (Å²) in [6.45, 7) is 0. The third kappa shape index (κ3) is 1.93. The maximum atomic E-state index is 12.0. The molecule has 1 aliphatic rings. The molecule has 0 aromatic heterocycles. The second kappa shape index (κ2) is 4.70. The summed E-state index contributed by atoms with van der Waals surface area (Å²) in [6, 6.07) is 20.0. The number of rotatable bonds is 2. The van der Waals surface area contributed by atoms with Crippen molar-refractivity contribution in [2.24, 2.45) is 0 Å². The minimum Gasteiger partial charge on any atom is -0.268 e. The second-order valence-corrected chi connectivity index (χ2v) is 5.89. The molecule has 2 aromatic rings. The highest BCUT2D eigenvalue weighted by atomic mass is 32.2. The van der Waals surface area contributed by atoms with Gasteiger partial charge in [-0.15, -0.1) is 11.1 Å². The Labute approximate surface area is 109 Å². The largest absolute Gasteiger partial charge is 0.268 e. The molecule has 0 fully saturated rings. The summed E-state index contributed by atoms with van der Waals surface area (Å²) >= 11 is -0.716. The van der Waals surface area contributed by atoms with Gasteiger partial charge in [0.2, 0.25) is 0 Å². The zero-order valence-electron chi connectivity index (χ0n) is 9.73. The molecule has 1 atom stereocenters. The number of hydrogen-bond donors (Lipinski definition) is 1. The van der Waals surface area contributed by atoms with Crippen molar-refractivity contribution in [2.45, 2.75) is 4.90 Å². The van der Waals surface area contributed by atoms with E-state index in [4.69, 9.17) is 0 Å². The van der Waals surface area contributed by atoms with E-state index in [9.17, 15) is 4.79 Å². The number of anilines is 1. The normalized spacial score (nSPS) is 20.3. The first-order valence-electron chi connectivity index (χ1n) is 5.78. The Bertz CT molecular complexity index is 580. The van der Waals surface area contributed by atoms with Gasteiger partial charge in [0, 0.05) is 11.0 Å². The predicted molar refractivity (Wildman–Crippen MR) is 76.8 cm³/mol. The van der Waals surface area contributed by atoms with Gasteiger partial charge >= 0.3 is 0 Å². The molecule has 0 aliphatic carbocycles. The SMILES string of the molecule is O=C1C=C[SH](c2ccccc2)N1c1ccccc1. The highest BCUT2D eigenvalue weighted by molar-refractivity contribution is 8.21. The van der Waals surface area contributed by atoms with Crippen LogP contribution in [0.25, 0.3) is 0 Å². The lowest BCUT2D eigenvalue weighted by molar-refractivity contribution is -0.112.